The summed E-state index contributed by atoms with van der Waals surface area (Å²) in [5.41, 5.74) is -0.620. The van der Waals surface area contributed by atoms with Crippen LogP contribution in [0.1, 0.15) is 5.56 Å². The molecule has 3 rings (SSSR count). The molecule has 0 radical (unpaired) electrons. The molecular formula is C16H12N2O6. The average Bonchev–Trinajstić information content (AvgIpc) is 2.57. The third-order valence-corrected chi connectivity index (χ3v) is 3.73. The van der Waals surface area contributed by atoms with Gasteiger partial charge in [-0.05, 0) is 18.2 Å². The van der Waals surface area contributed by atoms with Crippen LogP contribution < -0.4 is 5.43 Å². The summed E-state index contributed by atoms with van der Waals surface area (Å²) in [6.07, 6.45) is 2.19. The maximum Gasteiger partial charge on any atom is 0.333 e. The van der Waals surface area contributed by atoms with Crippen molar-refractivity contribution in [2.45, 2.75) is 0 Å². The molecule has 24 heavy (non-hydrogen) atoms. The summed E-state index contributed by atoms with van der Waals surface area (Å²) in [5, 5.41) is 9.59. The molecule has 2 aromatic rings. The first-order valence-corrected chi connectivity index (χ1v) is 6.87. The summed E-state index contributed by atoms with van der Waals surface area (Å²) in [5.74, 6) is -1.65. The van der Waals surface area contributed by atoms with Gasteiger partial charge >= 0.3 is 6.03 Å². The van der Waals surface area contributed by atoms with Crippen molar-refractivity contribution in [1.29, 1.82) is 0 Å². The lowest BCUT2D eigenvalue weighted by Gasteiger charge is -2.28. The van der Waals surface area contributed by atoms with Gasteiger partial charge in [-0.1, -0.05) is 0 Å². The largest absolute Gasteiger partial charge is 0.508 e. The molecule has 1 saturated heterocycles. The molecule has 1 aromatic heterocycles. The molecule has 0 saturated carbocycles. The van der Waals surface area contributed by atoms with Crippen molar-refractivity contribution in [3.05, 3.63) is 45.8 Å². The van der Waals surface area contributed by atoms with Crippen molar-refractivity contribution in [2.75, 3.05) is 14.1 Å². The van der Waals surface area contributed by atoms with E-state index in [1.54, 1.807) is 0 Å². The van der Waals surface area contributed by atoms with Crippen LogP contribution in [0.4, 0.5) is 4.79 Å². The quantitative estimate of drug-likeness (QED) is 0.616. The number of carbonyl (C=O) groups excluding carboxylic acids is 3. The molecule has 8 heteroatoms. The van der Waals surface area contributed by atoms with E-state index < -0.39 is 23.3 Å². The van der Waals surface area contributed by atoms with Gasteiger partial charge in [0, 0.05) is 20.2 Å². The predicted molar refractivity (Wildman–Crippen MR) is 83.1 cm³/mol. The Labute approximate surface area is 135 Å². The van der Waals surface area contributed by atoms with E-state index >= 15 is 0 Å². The number of amides is 4. The van der Waals surface area contributed by atoms with Crippen LogP contribution >= 0.6 is 0 Å². The number of phenolic OH excluding ortho intramolecular Hbond substituents is 1. The molecule has 1 N–H and O–H groups in total. The highest BCUT2D eigenvalue weighted by molar-refractivity contribution is 6.30. The minimum absolute atomic E-state index is 0.0129. The average molecular weight is 328 g/mol. The summed E-state index contributed by atoms with van der Waals surface area (Å²) in [6, 6.07) is 3.24. The Morgan fingerprint density at radius 1 is 1.04 bits per heavy atom. The molecule has 0 bridgehead atoms. The molecule has 1 aliphatic heterocycles. The number of carbonyl (C=O) groups is 3. The fourth-order valence-corrected chi connectivity index (χ4v) is 2.36. The number of hydrogen-bond acceptors (Lipinski definition) is 6. The van der Waals surface area contributed by atoms with Gasteiger partial charge in [0.05, 0.1) is 10.9 Å². The monoisotopic (exact) mass is 328 g/mol. The van der Waals surface area contributed by atoms with Crippen LogP contribution in [0.5, 0.6) is 5.75 Å². The third kappa shape index (κ3) is 2.24. The second kappa shape index (κ2) is 5.34. The first-order chi connectivity index (χ1) is 11.3. The first-order valence-electron chi connectivity index (χ1n) is 6.87. The number of fused-ring (bicyclic) bond motifs is 1. The minimum Gasteiger partial charge on any atom is -0.508 e. The Bertz CT molecular complexity index is 962. The highest BCUT2D eigenvalue weighted by atomic mass is 16.3. The molecule has 1 aliphatic rings. The molecule has 4 amide bonds. The lowest BCUT2D eigenvalue weighted by molar-refractivity contribution is -0.134. The topological polar surface area (TPSA) is 108 Å². The van der Waals surface area contributed by atoms with Gasteiger partial charge in [0.2, 0.25) is 0 Å². The van der Waals surface area contributed by atoms with Crippen molar-refractivity contribution in [3.8, 4) is 5.75 Å². The van der Waals surface area contributed by atoms with E-state index in [1.807, 2.05) is 0 Å². The number of phenols is 1. The van der Waals surface area contributed by atoms with Crippen molar-refractivity contribution in [1.82, 2.24) is 9.80 Å². The van der Waals surface area contributed by atoms with Gasteiger partial charge in [-0.3, -0.25) is 24.2 Å². The number of nitrogens with zero attached hydrogens (tertiary/aromatic N) is 2. The molecule has 1 fully saturated rings. The molecule has 1 aromatic carbocycles. The van der Waals surface area contributed by atoms with Crippen molar-refractivity contribution >= 4 is 34.9 Å². The molecule has 122 valence electrons. The lowest BCUT2D eigenvalue weighted by Crippen LogP contribution is -2.53. The Morgan fingerprint density at radius 3 is 2.29 bits per heavy atom. The number of rotatable bonds is 1. The molecule has 0 atom stereocenters. The fraction of sp³-hybridized carbons (Fsp3) is 0.125. The van der Waals surface area contributed by atoms with Crippen LogP contribution in [0.2, 0.25) is 0 Å². The number of barbiturate groups is 1. The molecule has 0 unspecified atom stereocenters. The first kappa shape index (κ1) is 15.5. The summed E-state index contributed by atoms with van der Waals surface area (Å²) in [7, 11) is 2.49. The zero-order valence-electron chi connectivity index (χ0n) is 12.8. The van der Waals surface area contributed by atoms with E-state index in [4.69, 9.17) is 4.42 Å². The summed E-state index contributed by atoms with van der Waals surface area (Å²) in [4.78, 5) is 50.0. The number of imide groups is 2. The molecule has 8 nitrogen and oxygen atoms in total. The zero-order chi connectivity index (χ0) is 17.6. The van der Waals surface area contributed by atoms with Gasteiger partial charge in [-0.25, -0.2) is 4.79 Å². The number of urea groups is 1. The second-order valence-electron chi connectivity index (χ2n) is 5.27. The number of hydrogen-bond donors (Lipinski definition) is 1. The van der Waals surface area contributed by atoms with Crippen molar-refractivity contribution < 1.29 is 23.9 Å². The van der Waals surface area contributed by atoms with E-state index in [1.165, 1.54) is 32.3 Å². The van der Waals surface area contributed by atoms with Crippen LogP contribution in [0.15, 0.2) is 39.2 Å². The Balaban J connectivity index is 2.16. The van der Waals surface area contributed by atoms with Crippen LogP contribution in [-0.4, -0.2) is 46.8 Å². The molecule has 2 heterocycles. The van der Waals surface area contributed by atoms with Crippen LogP contribution in [0, 0.1) is 0 Å². The van der Waals surface area contributed by atoms with E-state index in [9.17, 15) is 24.3 Å². The van der Waals surface area contributed by atoms with Crippen molar-refractivity contribution in [3.63, 3.8) is 0 Å². The smallest absolute Gasteiger partial charge is 0.333 e. The van der Waals surface area contributed by atoms with Gasteiger partial charge in [0.15, 0.2) is 5.43 Å². The number of aromatic hydroxyl groups is 1. The minimum atomic E-state index is -0.798. The SMILES string of the molecule is CN1C(=O)C(=Cc2coc3cc(O)ccc3c2=O)C(=O)N(C)C1=O. The van der Waals surface area contributed by atoms with Gasteiger partial charge in [-0.2, -0.15) is 0 Å². The highest BCUT2D eigenvalue weighted by Gasteiger charge is 2.37. The number of benzene rings is 1. The highest BCUT2D eigenvalue weighted by Crippen LogP contribution is 2.20. The Morgan fingerprint density at radius 2 is 1.67 bits per heavy atom. The number of likely N-dealkylation sites (N-methyl/N-ethyl adjacent to an activating group) is 2. The Hall–Kier alpha value is -3.42. The lowest BCUT2D eigenvalue weighted by atomic mass is 10.1. The summed E-state index contributed by atoms with van der Waals surface area (Å²) in [6.45, 7) is 0. The fourth-order valence-electron chi connectivity index (χ4n) is 2.36. The van der Waals surface area contributed by atoms with E-state index in [2.05, 4.69) is 0 Å². The second-order valence-corrected chi connectivity index (χ2v) is 5.27. The van der Waals surface area contributed by atoms with Gasteiger partial charge in [0.1, 0.15) is 23.2 Å². The van der Waals surface area contributed by atoms with Gasteiger partial charge in [0.25, 0.3) is 11.8 Å². The Kier molecular flexibility index (Phi) is 3.44. The van der Waals surface area contributed by atoms with E-state index in [0.717, 1.165) is 22.1 Å². The molecular weight excluding hydrogens is 316 g/mol. The zero-order valence-corrected chi connectivity index (χ0v) is 12.8. The van der Waals surface area contributed by atoms with Crippen LogP contribution in [0.25, 0.3) is 17.0 Å². The summed E-state index contributed by atoms with van der Waals surface area (Å²) >= 11 is 0. The normalized spacial score (nSPS) is 15.4. The molecule has 0 aliphatic carbocycles. The standard InChI is InChI=1S/C16H12N2O6/c1-17-14(21)11(15(22)18(2)16(17)23)5-8-7-24-12-6-9(19)3-4-10(12)13(8)20/h3-7,19H,1-2H3. The van der Waals surface area contributed by atoms with Crippen LogP contribution in [-0.2, 0) is 9.59 Å². The van der Waals surface area contributed by atoms with Crippen molar-refractivity contribution in [2.24, 2.45) is 0 Å². The van der Waals surface area contributed by atoms with Gasteiger partial charge in [-0.15, -0.1) is 0 Å². The van der Waals surface area contributed by atoms with E-state index in [-0.39, 0.29) is 27.9 Å². The van der Waals surface area contributed by atoms with Gasteiger partial charge < -0.3 is 9.52 Å². The van der Waals surface area contributed by atoms with E-state index in [0.29, 0.717) is 0 Å². The van der Waals surface area contributed by atoms with Crippen LogP contribution in [0.3, 0.4) is 0 Å². The maximum absolute atomic E-state index is 12.5. The predicted octanol–water partition coefficient (Wildman–Crippen LogP) is 0.932. The third-order valence-electron chi connectivity index (χ3n) is 3.73. The maximum atomic E-state index is 12.5. The summed E-state index contributed by atoms with van der Waals surface area (Å²) < 4.78 is 5.27. The molecule has 0 spiro atoms.